The average molecular weight is 623 g/mol. The van der Waals surface area contributed by atoms with Crippen LogP contribution in [-0.4, -0.2) is 89.8 Å². The first-order chi connectivity index (χ1) is 19.9. The second-order valence-corrected chi connectivity index (χ2v) is 11.0. The molecule has 2 aromatic rings. The second-order valence-electron chi connectivity index (χ2n) is 8.97. The van der Waals surface area contributed by atoms with Gasteiger partial charge in [-0.25, -0.2) is 9.97 Å². The maximum Gasteiger partial charge on any atom is 0.303 e. The Morgan fingerprint density at radius 2 is 1.52 bits per heavy atom. The molecule has 3 heterocycles. The number of anilines is 2. The van der Waals surface area contributed by atoms with Gasteiger partial charge in [-0.1, -0.05) is 28.6 Å². The number of ketones is 1. The van der Waals surface area contributed by atoms with Crippen molar-refractivity contribution in [2.45, 2.75) is 65.1 Å². The van der Waals surface area contributed by atoms with Crippen molar-refractivity contribution in [1.82, 2.24) is 9.97 Å². The summed E-state index contributed by atoms with van der Waals surface area (Å²) < 4.78 is 27.4. The molecule has 1 aliphatic heterocycles. The topological polar surface area (TPSA) is 181 Å². The molecule has 0 spiro atoms. The normalized spacial score (nSPS) is 21.4. The fourth-order valence-corrected chi connectivity index (χ4v) is 5.80. The third-order valence-corrected chi connectivity index (χ3v) is 7.68. The van der Waals surface area contributed by atoms with Crippen LogP contribution in [0.1, 0.15) is 47.9 Å². The number of ether oxygens (including phenoxy) is 5. The van der Waals surface area contributed by atoms with E-state index in [1.54, 1.807) is 6.92 Å². The van der Waals surface area contributed by atoms with E-state index in [-0.39, 0.29) is 25.5 Å². The van der Waals surface area contributed by atoms with Crippen LogP contribution in [0, 0.1) is 19.3 Å². The van der Waals surface area contributed by atoms with Crippen molar-refractivity contribution in [2.24, 2.45) is 0 Å². The van der Waals surface area contributed by atoms with Gasteiger partial charge in [0.25, 0.3) is 0 Å². The van der Waals surface area contributed by atoms with Gasteiger partial charge in [-0.05, 0) is 6.92 Å². The Labute approximate surface area is 249 Å². The minimum atomic E-state index is -1.28. The summed E-state index contributed by atoms with van der Waals surface area (Å²) in [6.45, 7) is 6.26. The predicted octanol–water partition coefficient (Wildman–Crippen LogP) is 1.72. The standard InChI is InChI=1S/C26H30N4O10S2/c1-7-8-27-26-30-12(2)24(42-26)20(35)19-10-29-25(41-19)28-9-17-21(37-14(4)32)23(39-16(6)34)22(38-15(5)33)18(40-17)11-36-13(3)31/h1,10,17-18,21-23H,8-9,11H2,2-6H3,(H,27,30)(H,28,29). The second kappa shape index (κ2) is 14.7. The Kier molecular flexibility index (Phi) is 11.4. The fourth-order valence-electron chi connectivity index (χ4n) is 4.05. The number of aryl methyl sites for hydroxylation is 1. The molecule has 1 fully saturated rings. The van der Waals surface area contributed by atoms with E-state index < -0.39 is 54.4 Å². The van der Waals surface area contributed by atoms with Gasteiger partial charge in [0.05, 0.1) is 23.3 Å². The summed E-state index contributed by atoms with van der Waals surface area (Å²) in [4.78, 5) is 69.9. The van der Waals surface area contributed by atoms with Gasteiger partial charge in [-0.15, -0.1) is 6.42 Å². The fraction of sp³-hybridized carbons (Fsp3) is 0.500. The van der Waals surface area contributed by atoms with Crippen molar-refractivity contribution in [1.29, 1.82) is 0 Å². The van der Waals surface area contributed by atoms with Crippen LogP contribution in [0.2, 0.25) is 0 Å². The van der Waals surface area contributed by atoms with Crippen LogP contribution in [0.4, 0.5) is 10.3 Å². The van der Waals surface area contributed by atoms with E-state index in [0.29, 0.717) is 25.7 Å². The highest BCUT2D eigenvalue weighted by atomic mass is 32.1. The van der Waals surface area contributed by atoms with Crippen molar-refractivity contribution in [3.05, 3.63) is 21.6 Å². The third kappa shape index (κ3) is 8.71. The molecular weight excluding hydrogens is 592 g/mol. The summed E-state index contributed by atoms with van der Waals surface area (Å²) in [6, 6.07) is 0. The van der Waals surface area contributed by atoms with E-state index in [0.717, 1.165) is 32.1 Å². The minimum Gasteiger partial charge on any atom is -0.463 e. The predicted molar refractivity (Wildman–Crippen MR) is 150 cm³/mol. The maximum atomic E-state index is 13.1. The summed E-state index contributed by atoms with van der Waals surface area (Å²) in [7, 11) is 0. The van der Waals surface area contributed by atoms with E-state index in [1.165, 1.54) is 24.5 Å². The first-order valence-electron chi connectivity index (χ1n) is 12.6. The van der Waals surface area contributed by atoms with E-state index in [4.69, 9.17) is 30.1 Å². The molecule has 0 bridgehead atoms. The zero-order valence-corrected chi connectivity index (χ0v) is 25.1. The Morgan fingerprint density at radius 1 is 0.905 bits per heavy atom. The molecule has 1 saturated heterocycles. The lowest BCUT2D eigenvalue weighted by Crippen LogP contribution is -2.63. The third-order valence-electron chi connectivity index (χ3n) is 5.62. The first-order valence-corrected chi connectivity index (χ1v) is 14.2. The van der Waals surface area contributed by atoms with Crippen molar-refractivity contribution in [3.63, 3.8) is 0 Å². The molecule has 1 aliphatic rings. The number of carbonyl (C=O) groups is 5. The van der Waals surface area contributed by atoms with E-state index in [2.05, 4.69) is 26.5 Å². The Morgan fingerprint density at radius 3 is 2.12 bits per heavy atom. The van der Waals surface area contributed by atoms with Gasteiger partial charge in [0.2, 0.25) is 5.78 Å². The first kappa shape index (κ1) is 32.4. The highest BCUT2D eigenvalue weighted by molar-refractivity contribution is 7.21. The quantitative estimate of drug-likeness (QED) is 0.151. The molecule has 0 aliphatic carbocycles. The van der Waals surface area contributed by atoms with Gasteiger partial charge in [0.1, 0.15) is 23.7 Å². The van der Waals surface area contributed by atoms with Gasteiger partial charge < -0.3 is 34.3 Å². The summed E-state index contributed by atoms with van der Waals surface area (Å²) in [5.74, 6) is -0.587. The molecule has 0 saturated carbocycles. The van der Waals surface area contributed by atoms with Crippen LogP contribution in [0.5, 0.6) is 0 Å². The minimum absolute atomic E-state index is 0.0417. The monoisotopic (exact) mass is 622 g/mol. The van der Waals surface area contributed by atoms with Crippen LogP contribution in [-0.2, 0) is 42.9 Å². The molecule has 0 aromatic carbocycles. The molecule has 2 N–H and O–H groups in total. The van der Waals surface area contributed by atoms with Crippen LogP contribution >= 0.6 is 22.7 Å². The smallest absolute Gasteiger partial charge is 0.303 e. The van der Waals surface area contributed by atoms with Crippen molar-refractivity contribution in [3.8, 4) is 12.3 Å². The number of carbonyl (C=O) groups excluding carboxylic acids is 5. The average Bonchev–Trinajstić information content (AvgIpc) is 3.53. The maximum absolute atomic E-state index is 13.1. The summed E-state index contributed by atoms with van der Waals surface area (Å²) >= 11 is 2.26. The van der Waals surface area contributed by atoms with Crippen molar-refractivity contribution >= 4 is 62.6 Å². The molecule has 226 valence electrons. The molecular formula is C26H30N4O10S2. The van der Waals surface area contributed by atoms with Gasteiger partial charge in [-0.3, -0.25) is 24.0 Å². The number of terminal acetylenes is 1. The highest BCUT2D eigenvalue weighted by Gasteiger charge is 2.52. The van der Waals surface area contributed by atoms with E-state index >= 15 is 0 Å². The van der Waals surface area contributed by atoms with Crippen LogP contribution < -0.4 is 10.6 Å². The molecule has 0 amide bonds. The SMILES string of the molecule is C#CCNc1nc(C)c(C(=O)c2cnc(NCC3OC(COC(C)=O)C(OC(C)=O)C(OC(C)=O)C3OC(C)=O)s2)s1. The van der Waals surface area contributed by atoms with Gasteiger partial charge >= 0.3 is 23.9 Å². The van der Waals surface area contributed by atoms with Crippen LogP contribution in [0.15, 0.2) is 6.20 Å². The molecule has 5 atom stereocenters. The van der Waals surface area contributed by atoms with Crippen LogP contribution in [0.25, 0.3) is 0 Å². The molecule has 0 radical (unpaired) electrons. The molecule has 42 heavy (non-hydrogen) atoms. The number of esters is 4. The lowest BCUT2D eigenvalue weighted by atomic mass is 9.94. The van der Waals surface area contributed by atoms with Crippen molar-refractivity contribution < 1.29 is 47.7 Å². The van der Waals surface area contributed by atoms with E-state index in [9.17, 15) is 24.0 Å². The Balaban J connectivity index is 1.82. The molecule has 3 rings (SSSR count). The number of aromatic nitrogens is 2. The largest absolute Gasteiger partial charge is 0.463 e. The van der Waals surface area contributed by atoms with Crippen LogP contribution in [0.3, 0.4) is 0 Å². The Hall–Kier alpha value is -4.07. The Bertz CT molecular complexity index is 1370. The lowest BCUT2D eigenvalue weighted by molar-refractivity contribution is -0.250. The zero-order chi connectivity index (χ0) is 31.0. The number of nitrogens with one attached hydrogen (secondary N) is 2. The lowest BCUT2D eigenvalue weighted by Gasteiger charge is -2.44. The summed E-state index contributed by atoms with van der Waals surface area (Å²) in [5.41, 5.74) is 0.546. The van der Waals surface area contributed by atoms with Crippen molar-refractivity contribution in [2.75, 3.05) is 30.3 Å². The van der Waals surface area contributed by atoms with Gasteiger partial charge in [0, 0.05) is 34.2 Å². The number of thiazole rings is 2. The number of nitrogens with zero attached hydrogens (tertiary/aromatic N) is 2. The molecule has 14 nitrogen and oxygen atoms in total. The number of hydrogen-bond donors (Lipinski definition) is 2. The zero-order valence-electron chi connectivity index (χ0n) is 23.5. The number of hydrogen-bond acceptors (Lipinski definition) is 16. The molecule has 5 unspecified atom stereocenters. The van der Waals surface area contributed by atoms with Gasteiger partial charge in [-0.2, -0.15) is 0 Å². The number of rotatable bonds is 12. The highest BCUT2D eigenvalue weighted by Crippen LogP contribution is 2.31. The molecule has 16 heteroatoms. The summed E-state index contributed by atoms with van der Waals surface area (Å²) in [5, 5.41) is 6.86. The summed E-state index contributed by atoms with van der Waals surface area (Å²) in [6.07, 6.45) is 0.879. The molecule has 2 aromatic heterocycles. The van der Waals surface area contributed by atoms with Gasteiger partial charge in [0.15, 0.2) is 28.6 Å². The van der Waals surface area contributed by atoms with E-state index in [1.807, 2.05) is 0 Å².